The summed E-state index contributed by atoms with van der Waals surface area (Å²) in [7, 11) is 0. The van der Waals surface area contributed by atoms with Crippen molar-refractivity contribution in [2.75, 3.05) is 6.61 Å². The molecule has 24 heavy (non-hydrogen) atoms. The molecular weight excluding hydrogens is 308 g/mol. The van der Waals surface area contributed by atoms with E-state index in [4.69, 9.17) is 9.47 Å². The van der Waals surface area contributed by atoms with Crippen molar-refractivity contribution in [1.82, 2.24) is 0 Å². The van der Waals surface area contributed by atoms with Gasteiger partial charge in [0.15, 0.2) is 5.60 Å². The molecule has 0 saturated carbocycles. The molecule has 136 valence electrons. The van der Waals surface area contributed by atoms with Crippen LogP contribution in [0.3, 0.4) is 0 Å². The van der Waals surface area contributed by atoms with E-state index in [1.54, 1.807) is 0 Å². The molecule has 0 aliphatic carbocycles. The van der Waals surface area contributed by atoms with E-state index >= 15 is 0 Å². The van der Waals surface area contributed by atoms with Crippen LogP contribution in [-0.2, 0) is 19.1 Å². The smallest absolute Gasteiger partial charge is 0.338 e. The van der Waals surface area contributed by atoms with Crippen LogP contribution in [0, 0.1) is 5.92 Å². The standard InChI is InChI=1S/C19H30O5/c1-13(2)7-8-15(20)14(3)6-5-10-18(4)16-9-11-19(24-16,12-23-18)17(21)22/h7,14,16H,5-6,8-12H2,1-4H3,(H,21,22)/t14?,16-,18+,19+/m1/s1. The predicted octanol–water partition coefficient (Wildman–Crippen LogP) is 3.51. The van der Waals surface area contributed by atoms with E-state index in [0.29, 0.717) is 12.8 Å². The third kappa shape index (κ3) is 4.06. The molecule has 5 nitrogen and oxygen atoms in total. The molecule has 1 N–H and O–H groups in total. The lowest BCUT2D eigenvalue weighted by atomic mass is 9.88. The van der Waals surface area contributed by atoms with Crippen molar-refractivity contribution < 1.29 is 24.2 Å². The van der Waals surface area contributed by atoms with Crippen LogP contribution in [0.2, 0.25) is 0 Å². The molecule has 0 radical (unpaired) electrons. The van der Waals surface area contributed by atoms with Crippen molar-refractivity contribution in [3.05, 3.63) is 11.6 Å². The van der Waals surface area contributed by atoms with Gasteiger partial charge in [-0.3, -0.25) is 4.79 Å². The maximum atomic E-state index is 12.1. The molecule has 0 spiro atoms. The van der Waals surface area contributed by atoms with Crippen LogP contribution < -0.4 is 0 Å². The largest absolute Gasteiger partial charge is 0.479 e. The number of fused-ring (bicyclic) bond motifs is 2. The number of carboxylic acids is 1. The van der Waals surface area contributed by atoms with E-state index in [9.17, 15) is 14.7 Å². The SMILES string of the molecule is CC(C)=CCC(=O)C(C)CCC[C@]1(C)OC[C@]2(C(=O)O)CC[C@H]1O2. The molecule has 2 fully saturated rings. The highest BCUT2D eigenvalue weighted by molar-refractivity contribution is 5.82. The zero-order chi connectivity index (χ0) is 18.0. The lowest BCUT2D eigenvalue weighted by molar-refractivity contribution is -0.243. The molecule has 2 bridgehead atoms. The summed E-state index contributed by atoms with van der Waals surface area (Å²) in [4.78, 5) is 23.5. The van der Waals surface area contributed by atoms with Gasteiger partial charge in [-0.1, -0.05) is 18.6 Å². The molecule has 0 amide bonds. The van der Waals surface area contributed by atoms with Crippen LogP contribution in [0.5, 0.6) is 0 Å². The minimum atomic E-state index is -1.14. The highest BCUT2D eigenvalue weighted by atomic mass is 16.6. The Morgan fingerprint density at radius 2 is 2.08 bits per heavy atom. The number of aliphatic carboxylic acids is 1. The Labute approximate surface area is 144 Å². The number of ketones is 1. The van der Waals surface area contributed by atoms with Crippen LogP contribution in [0.1, 0.15) is 66.2 Å². The number of Topliss-reactive ketones (excluding diaryl/α,β-unsaturated/α-hetero) is 1. The zero-order valence-corrected chi connectivity index (χ0v) is 15.3. The molecule has 0 aromatic heterocycles. The number of allylic oxidation sites excluding steroid dienone is 2. The van der Waals surface area contributed by atoms with Gasteiger partial charge >= 0.3 is 5.97 Å². The third-order valence-electron chi connectivity index (χ3n) is 5.46. The van der Waals surface area contributed by atoms with Crippen LogP contribution in [0.15, 0.2) is 11.6 Å². The second-order valence-corrected chi connectivity index (χ2v) is 7.79. The molecule has 1 unspecified atom stereocenters. The van der Waals surface area contributed by atoms with E-state index in [1.807, 2.05) is 33.8 Å². The van der Waals surface area contributed by atoms with Crippen LogP contribution in [-0.4, -0.2) is 40.8 Å². The number of hydrogen-bond donors (Lipinski definition) is 1. The lowest BCUT2D eigenvalue weighted by Gasteiger charge is -2.42. The molecule has 2 heterocycles. The van der Waals surface area contributed by atoms with E-state index < -0.39 is 17.2 Å². The van der Waals surface area contributed by atoms with Gasteiger partial charge in [0.2, 0.25) is 0 Å². The van der Waals surface area contributed by atoms with Gasteiger partial charge in [0.05, 0.1) is 18.3 Å². The summed E-state index contributed by atoms with van der Waals surface area (Å²) in [6, 6.07) is 0. The summed E-state index contributed by atoms with van der Waals surface area (Å²) in [5.41, 5.74) is -0.422. The molecule has 2 rings (SSSR count). The maximum absolute atomic E-state index is 12.1. The van der Waals surface area contributed by atoms with Gasteiger partial charge < -0.3 is 14.6 Å². The predicted molar refractivity (Wildman–Crippen MR) is 90.9 cm³/mol. The van der Waals surface area contributed by atoms with Crippen LogP contribution >= 0.6 is 0 Å². The summed E-state index contributed by atoms with van der Waals surface area (Å²) >= 11 is 0. The van der Waals surface area contributed by atoms with E-state index in [0.717, 1.165) is 25.7 Å². The highest BCUT2D eigenvalue weighted by Gasteiger charge is 2.57. The first-order chi connectivity index (χ1) is 11.2. The van der Waals surface area contributed by atoms with Crippen LogP contribution in [0.4, 0.5) is 0 Å². The van der Waals surface area contributed by atoms with Crippen molar-refractivity contribution in [2.45, 2.75) is 83.5 Å². The topological polar surface area (TPSA) is 72.8 Å². The second-order valence-electron chi connectivity index (χ2n) is 7.79. The highest BCUT2D eigenvalue weighted by Crippen LogP contribution is 2.44. The molecular formula is C19H30O5. The first-order valence-corrected chi connectivity index (χ1v) is 8.90. The first kappa shape index (κ1) is 19.1. The summed E-state index contributed by atoms with van der Waals surface area (Å²) in [5, 5.41) is 9.34. The Kier molecular flexibility index (Phi) is 5.87. The Morgan fingerprint density at radius 3 is 2.71 bits per heavy atom. The summed E-state index contributed by atoms with van der Waals surface area (Å²) in [5.74, 6) is -0.617. The average Bonchev–Trinajstić information content (AvgIpc) is 2.91. The second kappa shape index (κ2) is 7.36. The van der Waals surface area contributed by atoms with E-state index in [1.165, 1.54) is 5.57 Å². The van der Waals surface area contributed by atoms with E-state index in [-0.39, 0.29) is 24.4 Å². The van der Waals surface area contributed by atoms with Gasteiger partial charge in [-0.2, -0.15) is 0 Å². The summed E-state index contributed by atoms with van der Waals surface area (Å²) < 4.78 is 11.8. The van der Waals surface area contributed by atoms with Crippen LogP contribution in [0.25, 0.3) is 0 Å². The van der Waals surface area contributed by atoms with Gasteiger partial charge in [-0.25, -0.2) is 4.79 Å². The van der Waals surface area contributed by atoms with Gasteiger partial charge in [0.25, 0.3) is 0 Å². The zero-order valence-electron chi connectivity index (χ0n) is 15.3. The van der Waals surface area contributed by atoms with Crippen molar-refractivity contribution in [3.8, 4) is 0 Å². The molecule has 2 aliphatic rings. The number of rotatable bonds is 8. The fourth-order valence-corrected chi connectivity index (χ4v) is 3.54. The molecule has 2 aliphatic heterocycles. The number of ether oxygens (including phenoxy) is 2. The molecule has 2 saturated heterocycles. The number of hydrogen-bond acceptors (Lipinski definition) is 4. The molecule has 4 atom stereocenters. The summed E-state index contributed by atoms with van der Waals surface area (Å²) in [6.07, 6.45) is 6.03. The van der Waals surface area contributed by atoms with E-state index in [2.05, 4.69) is 0 Å². The fourth-order valence-electron chi connectivity index (χ4n) is 3.54. The first-order valence-electron chi connectivity index (χ1n) is 8.90. The number of carboxylic acid groups (broad SMARTS) is 1. The van der Waals surface area contributed by atoms with Gasteiger partial charge in [-0.05, 0) is 52.9 Å². The molecule has 5 heteroatoms. The Balaban J connectivity index is 1.81. The Hall–Kier alpha value is -1.20. The van der Waals surface area contributed by atoms with Crippen molar-refractivity contribution in [3.63, 3.8) is 0 Å². The lowest BCUT2D eigenvalue weighted by Crippen LogP contribution is -2.55. The minimum Gasteiger partial charge on any atom is -0.479 e. The van der Waals surface area contributed by atoms with Crippen molar-refractivity contribution in [1.29, 1.82) is 0 Å². The quantitative estimate of drug-likeness (QED) is 0.686. The number of carbonyl (C=O) groups excluding carboxylic acids is 1. The summed E-state index contributed by atoms with van der Waals surface area (Å²) in [6.45, 7) is 8.09. The maximum Gasteiger partial charge on any atom is 0.338 e. The van der Waals surface area contributed by atoms with Gasteiger partial charge in [-0.15, -0.1) is 0 Å². The third-order valence-corrected chi connectivity index (χ3v) is 5.46. The van der Waals surface area contributed by atoms with Crippen molar-refractivity contribution in [2.24, 2.45) is 5.92 Å². The molecule has 0 aromatic carbocycles. The molecule has 0 aromatic rings. The monoisotopic (exact) mass is 338 g/mol. The number of carbonyl (C=O) groups is 2. The average molecular weight is 338 g/mol. The Morgan fingerprint density at radius 1 is 1.38 bits per heavy atom. The Bertz CT molecular complexity index is 522. The van der Waals surface area contributed by atoms with Gasteiger partial charge in [0, 0.05) is 12.3 Å². The van der Waals surface area contributed by atoms with Crippen molar-refractivity contribution >= 4 is 11.8 Å². The fraction of sp³-hybridized carbons (Fsp3) is 0.789. The normalized spacial score (nSPS) is 33.1. The minimum absolute atomic E-state index is 0.0374. The van der Waals surface area contributed by atoms with Gasteiger partial charge in [0.1, 0.15) is 5.78 Å².